The van der Waals surface area contributed by atoms with Crippen LogP contribution in [-0.2, 0) is 5.41 Å². The monoisotopic (exact) mass is 299 g/mol. The van der Waals surface area contributed by atoms with Gasteiger partial charge in [-0.15, -0.1) is 0 Å². The van der Waals surface area contributed by atoms with Crippen molar-refractivity contribution in [3.8, 4) is 6.07 Å². The molecule has 1 heterocycles. The van der Waals surface area contributed by atoms with Crippen molar-refractivity contribution in [3.63, 3.8) is 0 Å². The second-order valence-electron chi connectivity index (χ2n) is 6.31. The average molecular weight is 299 g/mol. The van der Waals surface area contributed by atoms with Crippen LogP contribution in [0.4, 0.5) is 4.39 Å². The van der Waals surface area contributed by atoms with Crippen LogP contribution in [0.3, 0.4) is 0 Å². The average Bonchev–Trinajstić information content (AvgIpc) is 3.34. The van der Waals surface area contributed by atoms with E-state index in [1.807, 2.05) is 0 Å². The summed E-state index contributed by atoms with van der Waals surface area (Å²) in [7, 11) is 0. The summed E-state index contributed by atoms with van der Waals surface area (Å²) >= 11 is 0. The third-order valence-corrected chi connectivity index (χ3v) is 4.77. The lowest BCUT2D eigenvalue weighted by Gasteiger charge is -2.17. The third-order valence-electron chi connectivity index (χ3n) is 4.77. The molecular weight excluding hydrogens is 285 g/mol. The van der Waals surface area contributed by atoms with Gasteiger partial charge in [-0.25, -0.2) is 9.18 Å². The van der Waals surface area contributed by atoms with E-state index in [9.17, 15) is 19.2 Å². The maximum Gasteiger partial charge on any atom is 0.329 e. The fourth-order valence-corrected chi connectivity index (χ4v) is 3.39. The van der Waals surface area contributed by atoms with Crippen molar-refractivity contribution in [3.05, 3.63) is 43.8 Å². The fraction of sp³-hybridized carbons (Fsp3) is 0.438. The molecule has 0 amide bonds. The van der Waals surface area contributed by atoms with Gasteiger partial charge >= 0.3 is 5.69 Å². The van der Waals surface area contributed by atoms with Crippen LogP contribution in [-0.4, -0.2) is 9.55 Å². The summed E-state index contributed by atoms with van der Waals surface area (Å²) in [5.74, 6) is -0.532. The van der Waals surface area contributed by atoms with Crippen molar-refractivity contribution in [1.29, 1.82) is 5.26 Å². The molecule has 112 valence electrons. The number of halogens is 1. The van der Waals surface area contributed by atoms with Crippen LogP contribution in [0.2, 0.25) is 0 Å². The highest BCUT2D eigenvalue weighted by Gasteiger charge is 2.48. The van der Waals surface area contributed by atoms with Crippen molar-refractivity contribution < 1.29 is 4.39 Å². The minimum Gasteiger partial charge on any atom is -0.290 e. The second-order valence-corrected chi connectivity index (χ2v) is 6.31. The van der Waals surface area contributed by atoms with Crippen molar-refractivity contribution in [1.82, 2.24) is 9.55 Å². The number of nitrogens with zero attached hydrogens (tertiary/aromatic N) is 2. The lowest BCUT2D eigenvalue weighted by Crippen LogP contribution is -2.31. The molecule has 2 aromatic rings. The van der Waals surface area contributed by atoms with Gasteiger partial charge in [0.05, 0.1) is 22.4 Å². The molecule has 0 bridgehead atoms. The van der Waals surface area contributed by atoms with Gasteiger partial charge in [0.1, 0.15) is 5.82 Å². The molecule has 5 nitrogen and oxygen atoms in total. The maximum absolute atomic E-state index is 14.5. The van der Waals surface area contributed by atoms with Gasteiger partial charge in [0, 0.05) is 11.6 Å². The Labute approximate surface area is 125 Å². The van der Waals surface area contributed by atoms with E-state index in [2.05, 4.69) is 11.1 Å². The van der Waals surface area contributed by atoms with Gasteiger partial charge in [-0.3, -0.25) is 14.3 Å². The molecule has 2 aliphatic rings. The van der Waals surface area contributed by atoms with E-state index >= 15 is 0 Å². The first-order chi connectivity index (χ1) is 10.5. The predicted molar refractivity (Wildman–Crippen MR) is 78.3 cm³/mol. The Morgan fingerprint density at radius 1 is 1.41 bits per heavy atom. The molecule has 1 aromatic heterocycles. The van der Waals surface area contributed by atoms with Gasteiger partial charge in [-0.05, 0) is 44.2 Å². The number of rotatable bonds is 2. The minimum atomic E-state index is -0.796. The van der Waals surface area contributed by atoms with Crippen LogP contribution in [0.25, 0.3) is 10.9 Å². The summed E-state index contributed by atoms with van der Waals surface area (Å²) in [4.78, 5) is 26.5. The molecule has 1 N–H and O–H groups in total. The van der Waals surface area contributed by atoms with Gasteiger partial charge in [-0.1, -0.05) is 0 Å². The molecule has 0 unspecified atom stereocenters. The van der Waals surface area contributed by atoms with Gasteiger partial charge in [-0.2, -0.15) is 5.26 Å². The van der Waals surface area contributed by atoms with Crippen LogP contribution in [0, 0.1) is 24.1 Å². The zero-order chi connectivity index (χ0) is 15.6. The second kappa shape index (κ2) is 4.07. The van der Waals surface area contributed by atoms with E-state index in [-0.39, 0.29) is 11.4 Å². The molecule has 0 spiro atoms. The Balaban J connectivity index is 2.18. The zero-order valence-corrected chi connectivity index (χ0v) is 12.1. The summed E-state index contributed by atoms with van der Waals surface area (Å²) in [6.45, 7) is 1.70. The normalized spacial score (nSPS) is 19.1. The van der Waals surface area contributed by atoms with E-state index in [0.717, 1.165) is 12.8 Å². The van der Waals surface area contributed by atoms with Crippen LogP contribution in [0.15, 0.2) is 15.7 Å². The molecule has 22 heavy (non-hydrogen) atoms. The molecule has 2 saturated carbocycles. The lowest BCUT2D eigenvalue weighted by atomic mass is 9.91. The van der Waals surface area contributed by atoms with Gasteiger partial charge in [0.25, 0.3) is 5.56 Å². The summed E-state index contributed by atoms with van der Waals surface area (Å²) < 4.78 is 16.1. The minimum absolute atomic E-state index is 0.0566. The number of fused-ring (bicyclic) bond motifs is 1. The number of hydrogen-bond donors (Lipinski definition) is 1. The van der Waals surface area contributed by atoms with Gasteiger partial charge in [0.15, 0.2) is 0 Å². The Bertz CT molecular complexity index is 972. The summed E-state index contributed by atoms with van der Waals surface area (Å²) in [6.07, 6.45) is 2.97. The molecular formula is C16H14FN3O2. The highest BCUT2D eigenvalue weighted by Crippen LogP contribution is 2.50. The molecule has 0 radical (unpaired) electrons. The van der Waals surface area contributed by atoms with Crippen molar-refractivity contribution in [2.45, 2.75) is 44.1 Å². The van der Waals surface area contributed by atoms with Crippen molar-refractivity contribution >= 4 is 10.9 Å². The largest absolute Gasteiger partial charge is 0.329 e. The van der Waals surface area contributed by atoms with Crippen LogP contribution in [0.1, 0.15) is 42.9 Å². The van der Waals surface area contributed by atoms with Gasteiger partial charge in [0.2, 0.25) is 0 Å². The van der Waals surface area contributed by atoms with Crippen LogP contribution < -0.4 is 11.2 Å². The van der Waals surface area contributed by atoms with Gasteiger partial charge < -0.3 is 0 Å². The fourth-order valence-electron chi connectivity index (χ4n) is 3.39. The highest BCUT2D eigenvalue weighted by atomic mass is 19.1. The number of H-pyrrole nitrogens is 1. The lowest BCUT2D eigenvalue weighted by molar-refractivity contribution is 0.597. The SMILES string of the molecule is Cc1c(C2(C#N)CC2)c(F)cc2c(=O)[nH]c(=O)n(C3CC3)c12. The van der Waals surface area contributed by atoms with Crippen LogP contribution in [0.5, 0.6) is 0 Å². The molecule has 2 aliphatic carbocycles. The first-order valence-corrected chi connectivity index (χ1v) is 7.38. The van der Waals surface area contributed by atoms with Crippen molar-refractivity contribution in [2.24, 2.45) is 0 Å². The molecule has 0 atom stereocenters. The number of nitriles is 1. The topological polar surface area (TPSA) is 78.7 Å². The maximum atomic E-state index is 14.5. The molecule has 0 aliphatic heterocycles. The molecule has 4 rings (SSSR count). The summed E-state index contributed by atoms with van der Waals surface area (Å²) in [5, 5.41) is 9.56. The van der Waals surface area contributed by atoms with E-state index in [1.165, 1.54) is 6.07 Å². The van der Waals surface area contributed by atoms with E-state index in [4.69, 9.17) is 0 Å². The first-order valence-electron chi connectivity index (χ1n) is 7.38. The Hall–Kier alpha value is -2.42. The van der Waals surface area contributed by atoms with E-state index in [1.54, 1.807) is 11.5 Å². The number of aromatic amines is 1. The molecule has 0 saturated heterocycles. The Morgan fingerprint density at radius 2 is 2.09 bits per heavy atom. The van der Waals surface area contributed by atoms with Crippen LogP contribution >= 0.6 is 0 Å². The standard InChI is InChI=1S/C16H14FN3O2/c1-8-12(16(7-18)4-5-16)11(17)6-10-13(8)20(9-2-3-9)15(22)19-14(10)21/h6,9H,2-5H2,1H3,(H,19,21,22). The number of aromatic nitrogens is 2. The highest BCUT2D eigenvalue weighted by molar-refractivity contribution is 5.84. The van der Waals surface area contributed by atoms with Crippen molar-refractivity contribution in [2.75, 3.05) is 0 Å². The smallest absolute Gasteiger partial charge is 0.290 e. The van der Waals surface area contributed by atoms with E-state index in [0.29, 0.717) is 29.5 Å². The molecule has 6 heteroatoms. The Morgan fingerprint density at radius 3 is 2.64 bits per heavy atom. The number of aryl methyl sites for hydroxylation is 1. The molecule has 1 aromatic carbocycles. The number of nitrogens with one attached hydrogen (secondary N) is 1. The summed E-state index contributed by atoms with van der Waals surface area (Å²) in [6, 6.07) is 3.42. The third kappa shape index (κ3) is 1.62. The predicted octanol–water partition coefficient (Wildman–Crippen LogP) is 2.03. The zero-order valence-electron chi connectivity index (χ0n) is 12.1. The first kappa shape index (κ1) is 13.3. The number of benzene rings is 1. The Kier molecular flexibility index (Phi) is 2.45. The number of hydrogen-bond acceptors (Lipinski definition) is 3. The quantitative estimate of drug-likeness (QED) is 0.921. The summed E-state index contributed by atoms with van der Waals surface area (Å²) in [5.41, 5.74) is -0.454. The van der Waals surface area contributed by atoms with E-state index < -0.39 is 22.5 Å². The molecule has 2 fully saturated rings.